The van der Waals surface area contributed by atoms with Gasteiger partial charge in [0.25, 0.3) is 5.91 Å². The van der Waals surface area contributed by atoms with Crippen LogP contribution in [0.25, 0.3) is 0 Å². The number of Topliss-reactive ketones (excluding diaryl/α,β-unsaturated/α-hetero) is 1. The van der Waals surface area contributed by atoms with E-state index in [1.807, 2.05) is 6.07 Å². The summed E-state index contributed by atoms with van der Waals surface area (Å²) in [6.07, 6.45) is -1.06. The van der Waals surface area contributed by atoms with Crippen molar-refractivity contribution in [2.24, 2.45) is 0 Å². The van der Waals surface area contributed by atoms with Crippen LogP contribution < -0.4 is 5.32 Å². The molecule has 4 atom stereocenters. The number of nitrogens with zero attached hydrogens (tertiary/aromatic N) is 1. The number of aliphatic carboxylic acids is 1. The van der Waals surface area contributed by atoms with Gasteiger partial charge >= 0.3 is 5.97 Å². The lowest BCUT2D eigenvalue weighted by atomic mass is 10.1. The molecule has 9 nitrogen and oxygen atoms in total. The Morgan fingerprint density at radius 1 is 1.28 bits per heavy atom. The van der Waals surface area contributed by atoms with Crippen molar-refractivity contribution in [1.82, 2.24) is 10.2 Å². The molecule has 29 heavy (non-hydrogen) atoms. The molecule has 3 rings (SSSR count). The van der Waals surface area contributed by atoms with E-state index in [0.29, 0.717) is 13.0 Å². The van der Waals surface area contributed by atoms with Gasteiger partial charge in [-0.2, -0.15) is 0 Å². The molecule has 2 unspecified atom stereocenters. The molecule has 2 aliphatic heterocycles. The highest BCUT2D eigenvalue weighted by Crippen LogP contribution is 2.32. The van der Waals surface area contributed by atoms with Crippen molar-refractivity contribution >= 4 is 35.3 Å². The van der Waals surface area contributed by atoms with E-state index < -0.39 is 41.5 Å². The quantitative estimate of drug-likeness (QED) is 0.465. The maximum atomic E-state index is 12.4. The predicted octanol–water partition coefficient (Wildman–Crippen LogP) is -0.233. The summed E-state index contributed by atoms with van der Waals surface area (Å²) in [5, 5.41) is 20.6. The zero-order valence-electron chi connectivity index (χ0n) is 15.5. The van der Waals surface area contributed by atoms with Crippen molar-refractivity contribution in [3.63, 3.8) is 0 Å². The number of hydrogen-bond donors (Lipinski definition) is 3. The van der Waals surface area contributed by atoms with Crippen LogP contribution in [-0.2, 0) is 30.3 Å². The average Bonchev–Trinajstić information content (AvgIpc) is 3.24. The van der Waals surface area contributed by atoms with Gasteiger partial charge in [-0.3, -0.25) is 19.3 Å². The van der Waals surface area contributed by atoms with Crippen LogP contribution in [-0.4, -0.2) is 74.8 Å². The van der Waals surface area contributed by atoms with Gasteiger partial charge in [0.1, 0.15) is 17.5 Å². The number of β-lactam (4-membered cyclic amide) rings is 1. The first-order valence-electron chi connectivity index (χ1n) is 9.20. The summed E-state index contributed by atoms with van der Waals surface area (Å²) in [4.78, 5) is 48.8. The Hall–Kier alpha value is -2.43. The second-order valence-electron chi connectivity index (χ2n) is 6.83. The Bertz CT molecular complexity index is 782. The number of carboxylic acid groups (broad SMARTS) is 1. The molecule has 2 amide bonds. The average molecular weight is 422 g/mol. The molecule has 0 bridgehead atoms. The van der Waals surface area contributed by atoms with Gasteiger partial charge in [0.2, 0.25) is 12.1 Å². The number of nitrogens with one attached hydrogen (secondary N) is 1. The number of aliphatic hydroxyl groups excluding tert-OH is 1. The monoisotopic (exact) mass is 422 g/mol. The number of benzene rings is 1. The molecule has 2 fully saturated rings. The van der Waals surface area contributed by atoms with Crippen molar-refractivity contribution in [1.29, 1.82) is 0 Å². The number of rotatable bonds is 9. The molecule has 0 spiro atoms. The predicted molar refractivity (Wildman–Crippen MR) is 103 cm³/mol. The highest BCUT2D eigenvalue weighted by Gasteiger charge is 2.53. The fraction of sp³-hybridized carbons (Fsp3) is 0.474. The third-order valence-electron chi connectivity index (χ3n) is 4.77. The molecule has 0 aromatic heterocycles. The van der Waals surface area contributed by atoms with Gasteiger partial charge in [-0.1, -0.05) is 30.3 Å². The molecule has 1 aromatic carbocycles. The van der Waals surface area contributed by atoms with E-state index in [2.05, 4.69) is 5.32 Å². The minimum Gasteiger partial charge on any atom is -0.478 e. The second-order valence-corrected chi connectivity index (χ2v) is 7.94. The second kappa shape index (κ2) is 9.38. The smallest absolute Gasteiger partial charge is 0.354 e. The number of likely N-dealkylation sites (tertiary alicyclic amines) is 1. The first kappa shape index (κ1) is 21.3. The van der Waals surface area contributed by atoms with Gasteiger partial charge in [-0.15, -0.1) is 11.8 Å². The Morgan fingerprint density at radius 3 is 2.62 bits per heavy atom. The van der Waals surface area contributed by atoms with Gasteiger partial charge in [0, 0.05) is 6.61 Å². The fourth-order valence-electron chi connectivity index (χ4n) is 3.27. The summed E-state index contributed by atoms with van der Waals surface area (Å²) in [6.45, 7) is 0.519. The largest absolute Gasteiger partial charge is 0.478 e. The van der Waals surface area contributed by atoms with Crippen LogP contribution in [0.2, 0.25) is 0 Å². The number of carbonyl (C=O) groups excluding carboxylic acids is 3. The molecule has 10 heteroatoms. The van der Waals surface area contributed by atoms with E-state index in [1.54, 1.807) is 24.3 Å². The maximum Gasteiger partial charge on any atom is 0.354 e. The molecule has 3 N–H and O–H groups in total. The van der Waals surface area contributed by atoms with E-state index in [9.17, 15) is 24.3 Å². The van der Waals surface area contributed by atoms with Crippen molar-refractivity contribution in [2.45, 2.75) is 43.0 Å². The van der Waals surface area contributed by atoms with Gasteiger partial charge in [-0.05, 0) is 18.4 Å². The van der Waals surface area contributed by atoms with Crippen molar-refractivity contribution in [2.75, 3.05) is 12.4 Å². The molecule has 2 heterocycles. The van der Waals surface area contributed by atoms with Crippen LogP contribution in [0.15, 0.2) is 30.3 Å². The summed E-state index contributed by atoms with van der Waals surface area (Å²) in [5.41, 5.74) is 0.761. The van der Waals surface area contributed by atoms with E-state index in [-0.39, 0.29) is 18.0 Å². The third-order valence-corrected chi connectivity index (χ3v) is 6.07. The van der Waals surface area contributed by atoms with Gasteiger partial charge in [-0.25, -0.2) is 4.79 Å². The Labute approximate surface area is 171 Å². The number of hydrogen-bond acceptors (Lipinski definition) is 7. The first-order chi connectivity index (χ1) is 13.9. The topological polar surface area (TPSA) is 133 Å². The highest BCUT2D eigenvalue weighted by atomic mass is 32.2. The van der Waals surface area contributed by atoms with Crippen LogP contribution in [0.4, 0.5) is 0 Å². The SMILES string of the molecule is O=C(Cc1ccccc1)N[C@@H]1C(=O)N(C(O)C(=O)O)[C@@H]1SCC(=O)C1CCCO1. The molecular formula is C19H22N2O7S. The van der Waals surface area contributed by atoms with E-state index in [4.69, 9.17) is 9.84 Å². The first-order valence-corrected chi connectivity index (χ1v) is 10.3. The van der Waals surface area contributed by atoms with Crippen LogP contribution in [0.3, 0.4) is 0 Å². The minimum absolute atomic E-state index is 0.0174. The van der Waals surface area contributed by atoms with E-state index in [0.717, 1.165) is 28.6 Å². The Morgan fingerprint density at radius 2 is 2.00 bits per heavy atom. The zero-order chi connectivity index (χ0) is 21.0. The van der Waals surface area contributed by atoms with Gasteiger partial charge in [0.05, 0.1) is 12.2 Å². The summed E-state index contributed by atoms with van der Waals surface area (Å²) >= 11 is 1.01. The Kier molecular flexibility index (Phi) is 6.88. The van der Waals surface area contributed by atoms with Crippen molar-refractivity contribution in [3.05, 3.63) is 35.9 Å². The lowest BCUT2D eigenvalue weighted by Crippen LogP contribution is -2.73. The van der Waals surface area contributed by atoms with Crippen LogP contribution in [0, 0.1) is 0 Å². The number of carbonyl (C=O) groups is 4. The summed E-state index contributed by atoms with van der Waals surface area (Å²) < 4.78 is 5.33. The molecular weight excluding hydrogens is 400 g/mol. The van der Waals surface area contributed by atoms with Crippen LogP contribution in [0.1, 0.15) is 18.4 Å². The van der Waals surface area contributed by atoms with Crippen molar-refractivity contribution in [3.8, 4) is 0 Å². The van der Waals surface area contributed by atoms with E-state index >= 15 is 0 Å². The number of ether oxygens (including phenoxy) is 1. The molecule has 0 aliphatic carbocycles. The number of aliphatic hydroxyl groups is 1. The lowest BCUT2D eigenvalue weighted by Gasteiger charge is -2.47. The van der Waals surface area contributed by atoms with Crippen molar-refractivity contribution < 1.29 is 34.1 Å². The normalized spacial score (nSPS) is 24.7. The van der Waals surface area contributed by atoms with Gasteiger partial charge in [0.15, 0.2) is 5.78 Å². The number of amides is 2. The number of ketones is 1. The number of carboxylic acids is 1. The molecule has 156 valence electrons. The molecule has 0 radical (unpaired) electrons. The number of thioether (sulfide) groups is 1. The molecule has 1 aromatic rings. The standard InChI is InChI=1S/C19H22N2O7S/c22-12(13-7-4-8-28-13)10-29-18-15(16(24)21(18)17(25)19(26)27)20-14(23)9-11-5-2-1-3-6-11/h1-3,5-6,13,15,17-18,25H,4,7-10H2,(H,20,23)(H,26,27)/t13?,15-,17?,18-/m1/s1. The lowest BCUT2D eigenvalue weighted by molar-refractivity contribution is -0.178. The zero-order valence-corrected chi connectivity index (χ0v) is 16.3. The molecule has 2 saturated heterocycles. The molecule has 2 aliphatic rings. The minimum atomic E-state index is -2.04. The maximum absolute atomic E-state index is 12.4. The highest BCUT2D eigenvalue weighted by molar-refractivity contribution is 8.00. The summed E-state index contributed by atoms with van der Waals surface area (Å²) in [6, 6.07) is 7.93. The fourth-order valence-corrected chi connectivity index (χ4v) is 4.55. The summed E-state index contributed by atoms with van der Waals surface area (Å²) in [7, 11) is 0. The van der Waals surface area contributed by atoms with E-state index in [1.165, 1.54) is 0 Å². The summed E-state index contributed by atoms with van der Waals surface area (Å²) in [5.74, 6) is -2.87. The molecule has 0 saturated carbocycles. The van der Waals surface area contributed by atoms with Gasteiger partial charge < -0.3 is 20.3 Å². The Balaban J connectivity index is 1.63. The van der Waals surface area contributed by atoms with Crippen LogP contribution in [0.5, 0.6) is 0 Å². The van der Waals surface area contributed by atoms with Crippen LogP contribution >= 0.6 is 11.8 Å². The third kappa shape index (κ3) is 4.95.